The minimum Gasteiger partial charge on any atom is -0.496 e. The van der Waals surface area contributed by atoms with E-state index in [-0.39, 0.29) is 11.6 Å². The first-order valence-electron chi connectivity index (χ1n) is 5.91. The molecule has 2 aromatic carbocycles. The van der Waals surface area contributed by atoms with Gasteiger partial charge in [0.25, 0.3) is 11.6 Å². The molecule has 0 saturated carbocycles. The summed E-state index contributed by atoms with van der Waals surface area (Å²) >= 11 is 3.20. The molecule has 0 fully saturated rings. The van der Waals surface area contributed by atoms with Gasteiger partial charge in [0, 0.05) is 16.6 Å². The Bertz CT molecular complexity index is 703. The number of non-ortho nitro benzene ring substituents is 1. The lowest BCUT2D eigenvalue weighted by molar-refractivity contribution is -0.384. The molecule has 108 valence electrons. The first-order valence-corrected chi connectivity index (χ1v) is 6.70. The van der Waals surface area contributed by atoms with Crippen LogP contribution in [0, 0.1) is 10.1 Å². The van der Waals surface area contributed by atoms with Crippen molar-refractivity contribution in [2.45, 2.75) is 0 Å². The van der Waals surface area contributed by atoms with Crippen LogP contribution >= 0.6 is 15.9 Å². The highest BCUT2D eigenvalue weighted by atomic mass is 79.9. The molecule has 7 heteroatoms. The van der Waals surface area contributed by atoms with Gasteiger partial charge in [-0.15, -0.1) is 0 Å². The van der Waals surface area contributed by atoms with Crippen LogP contribution < -0.4 is 10.1 Å². The van der Waals surface area contributed by atoms with Crippen molar-refractivity contribution < 1.29 is 14.5 Å². The zero-order valence-electron chi connectivity index (χ0n) is 11.0. The number of halogens is 1. The van der Waals surface area contributed by atoms with Crippen molar-refractivity contribution in [3.8, 4) is 5.75 Å². The van der Waals surface area contributed by atoms with E-state index in [1.165, 1.54) is 25.3 Å². The van der Waals surface area contributed by atoms with E-state index in [1.54, 1.807) is 24.3 Å². The summed E-state index contributed by atoms with van der Waals surface area (Å²) in [6, 6.07) is 10.9. The summed E-state index contributed by atoms with van der Waals surface area (Å²) < 4.78 is 5.55. The first kappa shape index (κ1) is 15.0. The molecule has 0 unspecified atom stereocenters. The van der Waals surface area contributed by atoms with Crippen LogP contribution in [-0.4, -0.2) is 17.9 Å². The number of methoxy groups -OCH3 is 1. The molecule has 0 heterocycles. The number of para-hydroxylation sites is 1. The second kappa shape index (κ2) is 6.36. The lowest BCUT2D eigenvalue weighted by Crippen LogP contribution is -2.13. The fraction of sp³-hybridized carbons (Fsp3) is 0.0714. The molecule has 6 nitrogen and oxygen atoms in total. The summed E-state index contributed by atoms with van der Waals surface area (Å²) in [6.07, 6.45) is 0. The van der Waals surface area contributed by atoms with Crippen LogP contribution in [0.3, 0.4) is 0 Å². The number of amides is 1. The van der Waals surface area contributed by atoms with Crippen LogP contribution in [0.4, 0.5) is 11.4 Å². The highest BCUT2D eigenvalue weighted by Gasteiger charge is 2.15. The molecule has 2 rings (SSSR count). The second-order valence-electron chi connectivity index (χ2n) is 4.08. The molecular weight excluding hydrogens is 340 g/mol. The van der Waals surface area contributed by atoms with Crippen LogP contribution in [-0.2, 0) is 0 Å². The van der Waals surface area contributed by atoms with Gasteiger partial charge in [0.15, 0.2) is 0 Å². The molecule has 0 aliphatic carbocycles. The molecule has 0 aromatic heterocycles. The maximum absolute atomic E-state index is 12.2. The average molecular weight is 351 g/mol. The largest absolute Gasteiger partial charge is 0.496 e. The monoisotopic (exact) mass is 350 g/mol. The number of carbonyl (C=O) groups excluding carboxylic acids is 1. The summed E-state index contributed by atoms with van der Waals surface area (Å²) in [5.41, 5.74) is 0.763. The lowest BCUT2D eigenvalue weighted by atomic mass is 10.2. The summed E-state index contributed by atoms with van der Waals surface area (Å²) in [5, 5.41) is 13.4. The topological polar surface area (TPSA) is 81.5 Å². The number of rotatable bonds is 4. The standard InChI is InChI=1S/C14H11BrN2O4/c1-21-13-5-3-2-4-10(13)14(18)16-12-7-6-9(17(19)20)8-11(12)15/h2-8H,1H3,(H,16,18). The van der Waals surface area contributed by atoms with Crippen LogP contribution in [0.1, 0.15) is 10.4 Å². The minimum absolute atomic E-state index is 0.0582. The molecule has 21 heavy (non-hydrogen) atoms. The molecule has 0 aliphatic heterocycles. The minimum atomic E-state index is -0.503. The van der Waals surface area contributed by atoms with Gasteiger partial charge in [-0.2, -0.15) is 0 Å². The highest BCUT2D eigenvalue weighted by molar-refractivity contribution is 9.10. The Balaban J connectivity index is 2.26. The van der Waals surface area contributed by atoms with Gasteiger partial charge in [-0.3, -0.25) is 14.9 Å². The highest BCUT2D eigenvalue weighted by Crippen LogP contribution is 2.28. The van der Waals surface area contributed by atoms with Crippen LogP contribution in [0.25, 0.3) is 0 Å². The predicted octanol–water partition coefficient (Wildman–Crippen LogP) is 3.62. The molecular formula is C14H11BrN2O4. The van der Waals surface area contributed by atoms with Gasteiger partial charge in [0.05, 0.1) is 23.3 Å². The van der Waals surface area contributed by atoms with Gasteiger partial charge in [-0.1, -0.05) is 12.1 Å². The number of nitrogens with zero attached hydrogens (tertiary/aromatic N) is 1. The van der Waals surface area contributed by atoms with Crippen molar-refractivity contribution in [2.75, 3.05) is 12.4 Å². The van der Waals surface area contributed by atoms with E-state index in [0.717, 1.165) is 0 Å². The fourth-order valence-corrected chi connectivity index (χ4v) is 2.21. The van der Waals surface area contributed by atoms with Gasteiger partial charge >= 0.3 is 0 Å². The van der Waals surface area contributed by atoms with E-state index in [4.69, 9.17) is 4.74 Å². The third-order valence-corrected chi connectivity index (χ3v) is 3.42. The summed E-state index contributed by atoms with van der Waals surface area (Å²) in [7, 11) is 1.48. The van der Waals surface area contributed by atoms with Crippen molar-refractivity contribution in [2.24, 2.45) is 0 Å². The van der Waals surface area contributed by atoms with Gasteiger partial charge in [0.1, 0.15) is 5.75 Å². The Kier molecular flexibility index (Phi) is 4.54. The molecule has 0 atom stereocenters. The summed E-state index contributed by atoms with van der Waals surface area (Å²) in [4.78, 5) is 22.4. The quantitative estimate of drug-likeness (QED) is 0.674. The SMILES string of the molecule is COc1ccccc1C(=O)Nc1ccc([N+](=O)[O-])cc1Br. The molecule has 0 bridgehead atoms. The van der Waals surface area contributed by atoms with E-state index in [2.05, 4.69) is 21.2 Å². The number of nitrogens with one attached hydrogen (secondary N) is 1. The fourth-order valence-electron chi connectivity index (χ4n) is 1.74. The molecule has 0 spiro atoms. The smallest absolute Gasteiger partial charge is 0.270 e. The van der Waals surface area contributed by atoms with Crippen molar-refractivity contribution in [3.63, 3.8) is 0 Å². The zero-order chi connectivity index (χ0) is 15.4. The van der Waals surface area contributed by atoms with Crippen LogP contribution in [0.5, 0.6) is 5.75 Å². The number of nitro benzene ring substituents is 1. The van der Waals surface area contributed by atoms with Crippen LogP contribution in [0.15, 0.2) is 46.9 Å². The lowest BCUT2D eigenvalue weighted by Gasteiger charge is -2.10. The Morgan fingerprint density at radius 3 is 2.62 bits per heavy atom. The number of benzene rings is 2. The van der Waals surface area contributed by atoms with E-state index in [0.29, 0.717) is 21.5 Å². The Morgan fingerprint density at radius 2 is 2.00 bits per heavy atom. The van der Waals surface area contributed by atoms with E-state index in [9.17, 15) is 14.9 Å². The van der Waals surface area contributed by atoms with Crippen molar-refractivity contribution in [1.82, 2.24) is 0 Å². The number of nitro groups is 1. The predicted molar refractivity (Wildman–Crippen MR) is 81.7 cm³/mol. The van der Waals surface area contributed by atoms with Crippen molar-refractivity contribution in [1.29, 1.82) is 0 Å². The van der Waals surface area contributed by atoms with E-state index in [1.807, 2.05) is 0 Å². The number of ether oxygens (including phenoxy) is 1. The average Bonchev–Trinajstić information content (AvgIpc) is 2.48. The summed E-state index contributed by atoms with van der Waals surface area (Å²) in [6.45, 7) is 0. The maximum Gasteiger partial charge on any atom is 0.270 e. The molecule has 1 amide bonds. The number of hydrogen-bond acceptors (Lipinski definition) is 4. The van der Waals surface area contributed by atoms with Gasteiger partial charge in [-0.25, -0.2) is 0 Å². The Morgan fingerprint density at radius 1 is 1.29 bits per heavy atom. The third kappa shape index (κ3) is 3.38. The van der Waals surface area contributed by atoms with Crippen LogP contribution in [0.2, 0.25) is 0 Å². The first-order chi connectivity index (χ1) is 10.0. The Hall–Kier alpha value is -2.41. The number of carbonyl (C=O) groups is 1. The molecule has 0 radical (unpaired) electrons. The molecule has 1 N–H and O–H groups in total. The second-order valence-corrected chi connectivity index (χ2v) is 4.93. The van der Waals surface area contributed by atoms with E-state index < -0.39 is 4.92 Å². The normalized spacial score (nSPS) is 10.0. The maximum atomic E-state index is 12.2. The van der Waals surface area contributed by atoms with Gasteiger partial charge < -0.3 is 10.1 Å². The zero-order valence-corrected chi connectivity index (χ0v) is 12.6. The van der Waals surface area contributed by atoms with Gasteiger partial charge in [-0.05, 0) is 34.1 Å². The van der Waals surface area contributed by atoms with E-state index >= 15 is 0 Å². The van der Waals surface area contributed by atoms with Crippen molar-refractivity contribution >= 4 is 33.2 Å². The number of hydrogen-bond donors (Lipinski definition) is 1. The molecule has 0 aliphatic rings. The molecule has 2 aromatic rings. The van der Waals surface area contributed by atoms with Crippen molar-refractivity contribution in [3.05, 3.63) is 62.6 Å². The Labute approximate surface area is 129 Å². The number of anilines is 1. The summed E-state index contributed by atoms with van der Waals surface area (Å²) in [5.74, 6) is 0.0926. The van der Waals surface area contributed by atoms with Gasteiger partial charge in [0.2, 0.25) is 0 Å². The third-order valence-electron chi connectivity index (χ3n) is 2.76. The molecule has 0 saturated heterocycles.